The van der Waals surface area contributed by atoms with Crippen molar-refractivity contribution in [3.8, 4) is 0 Å². The Balaban J connectivity index is 1.72. The molecular weight excluding hydrogens is 132 g/mol. The van der Waals surface area contributed by atoms with Crippen LogP contribution < -0.4 is 0 Å². The standard InChI is InChI=1S/C11H16/c1-2-10(1)6-8-5-9(8)11(7-10)3-4-11/h8-9H,1-7H2. The summed E-state index contributed by atoms with van der Waals surface area (Å²) in [5, 5.41) is 0. The molecule has 4 aliphatic carbocycles. The maximum atomic E-state index is 1.65. The second-order valence-corrected chi connectivity index (χ2v) is 5.85. The van der Waals surface area contributed by atoms with Crippen molar-refractivity contribution in [3.05, 3.63) is 0 Å². The van der Waals surface area contributed by atoms with Crippen molar-refractivity contribution in [3.63, 3.8) is 0 Å². The molecule has 4 aliphatic rings. The fourth-order valence-corrected chi connectivity index (χ4v) is 4.00. The van der Waals surface area contributed by atoms with Crippen LogP contribution in [0.5, 0.6) is 0 Å². The van der Waals surface area contributed by atoms with Crippen molar-refractivity contribution in [2.45, 2.75) is 44.9 Å². The number of hydrogen-bond donors (Lipinski definition) is 0. The molecular formula is C11H16. The summed E-state index contributed by atoms with van der Waals surface area (Å²) >= 11 is 0. The summed E-state index contributed by atoms with van der Waals surface area (Å²) in [5.41, 5.74) is 1.90. The zero-order valence-electron chi connectivity index (χ0n) is 7.10. The molecule has 0 aromatic carbocycles. The van der Waals surface area contributed by atoms with Gasteiger partial charge in [-0.1, -0.05) is 0 Å². The molecule has 2 spiro atoms. The highest BCUT2D eigenvalue weighted by molar-refractivity contribution is 5.18. The van der Waals surface area contributed by atoms with Crippen molar-refractivity contribution < 1.29 is 0 Å². The zero-order chi connectivity index (χ0) is 7.10. The summed E-state index contributed by atoms with van der Waals surface area (Å²) < 4.78 is 0. The molecule has 2 unspecified atom stereocenters. The van der Waals surface area contributed by atoms with E-state index in [0.717, 1.165) is 10.8 Å². The van der Waals surface area contributed by atoms with Gasteiger partial charge in [0.25, 0.3) is 0 Å². The Labute approximate surface area is 68.4 Å². The molecule has 0 aliphatic heterocycles. The quantitative estimate of drug-likeness (QED) is 0.495. The van der Waals surface area contributed by atoms with Crippen LogP contribution in [0.2, 0.25) is 0 Å². The van der Waals surface area contributed by atoms with Crippen LogP contribution in [0.25, 0.3) is 0 Å². The Morgan fingerprint density at radius 1 is 1.00 bits per heavy atom. The van der Waals surface area contributed by atoms with Crippen LogP contribution in [0.15, 0.2) is 0 Å². The van der Waals surface area contributed by atoms with Crippen molar-refractivity contribution in [1.29, 1.82) is 0 Å². The summed E-state index contributed by atoms with van der Waals surface area (Å²) in [5.74, 6) is 2.45. The van der Waals surface area contributed by atoms with Crippen molar-refractivity contribution >= 4 is 0 Å². The van der Waals surface area contributed by atoms with Gasteiger partial charge >= 0.3 is 0 Å². The lowest BCUT2D eigenvalue weighted by Gasteiger charge is -2.28. The zero-order valence-corrected chi connectivity index (χ0v) is 7.10. The number of fused-ring (bicyclic) bond motifs is 2. The van der Waals surface area contributed by atoms with Gasteiger partial charge in [0, 0.05) is 0 Å². The molecule has 0 saturated heterocycles. The number of rotatable bonds is 0. The Bertz CT molecular complexity index is 220. The molecule has 0 heteroatoms. The van der Waals surface area contributed by atoms with Gasteiger partial charge in [-0.3, -0.25) is 0 Å². The average Bonchev–Trinajstić information content (AvgIpc) is 2.72. The second-order valence-electron chi connectivity index (χ2n) is 5.85. The number of hydrogen-bond acceptors (Lipinski definition) is 0. The first-order valence-electron chi connectivity index (χ1n) is 5.32. The van der Waals surface area contributed by atoms with Crippen molar-refractivity contribution in [2.75, 3.05) is 0 Å². The Morgan fingerprint density at radius 2 is 1.82 bits per heavy atom. The van der Waals surface area contributed by atoms with Gasteiger partial charge in [-0.2, -0.15) is 0 Å². The third-order valence-corrected chi connectivity index (χ3v) is 4.98. The first kappa shape index (κ1) is 5.61. The van der Waals surface area contributed by atoms with E-state index in [-0.39, 0.29) is 0 Å². The van der Waals surface area contributed by atoms with Gasteiger partial charge in [0.2, 0.25) is 0 Å². The lowest BCUT2D eigenvalue weighted by Crippen LogP contribution is -2.19. The van der Waals surface area contributed by atoms with Gasteiger partial charge in [-0.25, -0.2) is 0 Å². The smallest absolute Gasteiger partial charge is 0.0261 e. The van der Waals surface area contributed by atoms with E-state index in [1.54, 1.807) is 44.9 Å². The van der Waals surface area contributed by atoms with Gasteiger partial charge < -0.3 is 0 Å². The molecule has 0 aromatic heterocycles. The lowest BCUT2D eigenvalue weighted by molar-refractivity contribution is 0.213. The molecule has 60 valence electrons. The highest BCUT2D eigenvalue weighted by Gasteiger charge is 2.68. The molecule has 4 fully saturated rings. The van der Waals surface area contributed by atoms with E-state index in [0.29, 0.717) is 0 Å². The highest BCUT2D eigenvalue weighted by atomic mass is 14.7. The largest absolute Gasteiger partial charge is 0.0470 e. The van der Waals surface area contributed by atoms with E-state index < -0.39 is 0 Å². The molecule has 11 heavy (non-hydrogen) atoms. The Hall–Kier alpha value is 0. The second kappa shape index (κ2) is 1.30. The van der Waals surface area contributed by atoms with Crippen LogP contribution in [0, 0.1) is 22.7 Å². The van der Waals surface area contributed by atoms with Gasteiger partial charge in [0.15, 0.2) is 0 Å². The van der Waals surface area contributed by atoms with Gasteiger partial charge in [0.05, 0.1) is 0 Å². The van der Waals surface area contributed by atoms with Crippen LogP contribution in [0.3, 0.4) is 0 Å². The molecule has 2 atom stereocenters. The maximum Gasteiger partial charge on any atom is -0.0261 e. The minimum atomic E-state index is 0.939. The molecule has 0 radical (unpaired) electrons. The van der Waals surface area contributed by atoms with E-state index >= 15 is 0 Å². The third kappa shape index (κ3) is 0.588. The third-order valence-electron chi connectivity index (χ3n) is 4.98. The van der Waals surface area contributed by atoms with Gasteiger partial charge in [0.1, 0.15) is 0 Å². The minimum Gasteiger partial charge on any atom is -0.0470 e. The summed E-state index contributed by atoms with van der Waals surface area (Å²) in [7, 11) is 0. The maximum absolute atomic E-state index is 1.65. The molecule has 0 N–H and O–H groups in total. The topological polar surface area (TPSA) is 0 Å². The summed E-state index contributed by atoms with van der Waals surface area (Å²) in [4.78, 5) is 0. The average molecular weight is 148 g/mol. The predicted molar refractivity (Wildman–Crippen MR) is 44.2 cm³/mol. The normalized spacial score (nSPS) is 52.4. The van der Waals surface area contributed by atoms with Crippen LogP contribution in [-0.4, -0.2) is 0 Å². The van der Waals surface area contributed by atoms with E-state index in [2.05, 4.69) is 0 Å². The van der Waals surface area contributed by atoms with Crippen molar-refractivity contribution in [2.24, 2.45) is 22.7 Å². The van der Waals surface area contributed by atoms with Crippen LogP contribution in [0.4, 0.5) is 0 Å². The van der Waals surface area contributed by atoms with Gasteiger partial charge in [-0.15, -0.1) is 0 Å². The van der Waals surface area contributed by atoms with E-state index in [1.807, 2.05) is 0 Å². The monoisotopic (exact) mass is 148 g/mol. The molecule has 0 aromatic rings. The predicted octanol–water partition coefficient (Wildman–Crippen LogP) is 2.98. The summed E-state index contributed by atoms with van der Waals surface area (Å²) in [6.45, 7) is 0. The first-order valence-corrected chi connectivity index (χ1v) is 5.32. The van der Waals surface area contributed by atoms with Gasteiger partial charge in [-0.05, 0) is 67.6 Å². The van der Waals surface area contributed by atoms with Crippen LogP contribution >= 0.6 is 0 Å². The fourth-order valence-electron chi connectivity index (χ4n) is 4.00. The van der Waals surface area contributed by atoms with E-state index in [1.165, 1.54) is 11.8 Å². The Kier molecular flexibility index (Phi) is 0.661. The van der Waals surface area contributed by atoms with Crippen LogP contribution in [-0.2, 0) is 0 Å². The van der Waals surface area contributed by atoms with E-state index in [4.69, 9.17) is 0 Å². The minimum absolute atomic E-state index is 0.939. The molecule has 4 saturated carbocycles. The van der Waals surface area contributed by atoms with Crippen LogP contribution in [0.1, 0.15) is 44.9 Å². The molecule has 4 rings (SSSR count). The molecule has 0 heterocycles. The lowest BCUT2D eigenvalue weighted by atomic mass is 9.77. The van der Waals surface area contributed by atoms with Crippen molar-refractivity contribution in [1.82, 2.24) is 0 Å². The van der Waals surface area contributed by atoms with E-state index in [9.17, 15) is 0 Å². The Morgan fingerprint density at radius 3 is 2.45 bits per heavy atom. The molecule has 0 bridgehead atoms. The molecule has 0 amide bonds. The first-order chi connectivity index (χ1) is 5.32. The fraction of sp³-hybridized carbons (Fsp3) is 1.00. The summed E-state index contributed by atoms with van der Waals surface area (Å²) in [6, 6.07) is 0. The SMILES string of the molecule is C1C2CC3(CC3)CC3(CC3)C12. The highest BCUT2D eigenvalue weighted by Crippen LogP contribution is 2.78. The molecule has 0 nitrogen and oxygen atoms in total. The summed E-state index contributed by atoms with van der Waals surface area (Å²) in [6.07, 6.45) is 11.3.